The molecule has 13 rings (SSSR count). The number of rotatable bonds is 9. The summed E-state index contributed by atoms with van der Waals surface area (Å²) in [4.78, 5) is 0. The Morgan fingerprint density at radius 2 is 1.07 bits per heavy atom. The zero-order chi connectivity index (χ0) is 46.7. The van der Waals surface area contributed by atoms with Crippen LogP contribution in [-0.4, -0.2) is 13.7 Å². The first-order chi connectivity index (χ1) is 34.6. The van der Waals surface area contributed by atoms with Crippen LogP contribution in [0.25, 0.3) is 88.3 Å². The number of nitrogens with zero attached hydrogens (tertiary/aromatic N) is 3. The first-order valence-electron chi connectivity index (χ1n) is 24.5. The van der Waals surface area contributed by atoms with Crippen LogP contribution in [0.5, 0.6) is 0 Å². The van der Waals surface area contributed by atoms with Crippen LogP contribution in [0.2, 0.25) is 0 Å². The molecule has 12 aromatic rings. The highest BCUT2D eigenvalue weighted by Crippen LogP contribution is 2.39. The molecule has 1 aliphatic carbocycles. The van der Waals surface area contributed by atoms with Gasteiger partial charge < -0.3 is 24.3 Å². The van der Waals surface area contributed by atoms with Gasteiger partial charge in [0.15, 0.2) is 0 Å². The van der Waals surface area contributed by atoms with Crippen LogP contribution < -0.4 is 10.6 Å². The molecule has 0 spiro atoms. The predicted molar refractivity (Wildman–Crippen MR) is 297 cm³/mol. The van der Waals surface area contributed by atoms with Gasteiger partial charge in [0.2, 0.25) is 0 Å². The van der Waals surface area contributed by atoms with Gasteiger partial charge in [-0.05, 0) is 139 Å². The zero-order valence-corrected chi connectivity index (χ0v) is 39.2. The minimum Gasteiger partial charge on any atom is -0.359 e. The summed E-state index contributed by atoms with van der Waals surface area (Å²) in [5.41, 5.74) is 17.7. The van der Waals surface area contributed by atoms with Gasteiger partial charge in [0.05, 0.1) is 33.4 Å². The fourth-order valence-corrected chi connectivity index (χ4v) is 11.3. The van der Waals surface area contributed by atoms with Crippen molar-refractivity contribution in [3.63, 3.8) is 0 Å². The molecule has 0 bridgehead atoms. The Labute approximate surface area is 407 Å². The van der Waals surface area contributed by atoms with Crippen molar-refractivity contribution in [1.29, 1.82) is 0 Å². The lowest BCUT2D eigenvalue weighted by Gasteiger charge is -2.18. The normalized spacial score (nSPS) is 13.8. The van der Waals surface area contributed by atoms with Crippen LogP contribution in [0.1, 0.15) is 35.4 Å². The Morgan fingerprint density at radius 3 is 1.81 bits per heavy atom. The molecule has 2 N–H and O–H groups in total. The quantitative estimate of drug-likeness (QED) is 0.142. The smallest absolute Gasteiger partial charge is 0.0542 e. The number of allylic oxidation sites excluding steroid dienone is 3. The molecule has 0 amide bonds. The second-order valence-electron chi connectivity index (χ2n) is 18.7. The number of nitrogens with one attached hydrogen (secondary N) is 2. The fraction of sp³-hybridized carbons (Fsp3) is 0.0769. The minimum absolute atomic E-state index is 0.809. The van der Waals surface area contributed by atoms with Crippen LogP contribution in [0, 0.1) is 6.92 Å². The largest absolute Gasteiger partial charge is 0.359 e. The molecule has 0 saturated carbocycles. The molecule has 1 aliphatic rings. The average molecular weight is 902 g/mol. The third kappa shape index (κ3) is 7.00. The molecule has 5 nitrogen and oxygen atoms in total. The predicted octanol–water partition coefficient (Wildman–Crippen LogP) is 16.8. The molecule has 70 heavy (non-hydrogen) atoms. The molecule has 3 aromatic heterocycles. The maximum Gasteiger partial charge on any atom is 0.0542 e. The van der Waals surface area contributed by atoms with E-state index in [0.29, 0.717) is 0 Å². The van der Waals surface area contributed by atoms with Crippen LogP contribution in [0.4, 0.5) is 11.4 Å². The van der Waals surface area contributed by atoms with E-state index >= 15 is 0 Å². The van der Waals surface area contributed by atoms with Gasteiger partial charge in [-0.2, -0.15) is 0 Å². The molecule has 0 radical (unpaired) electrons. The Hall–Kier alpha value is -8.80. The maximum absolute atomic E-state index is 4.50. The highest BCUT2D eigenvalue weighted by Gasteiger charge is 2.22. The SMILES string of the molecule is C=C(/C=C\c1c(C)c2cc(N/C3=C/Cc4c(n(-c5cccc6ccccc56)c5ccccc45)CCC3)ccc2n1-c1ccccc1)Nc1ccc2c(c1)c1ccccc1n2-c1cccc2ccccc12. The third-order valence-electron chi connectivity index (χ3n) is 14.5. The van der Waals surface area contributed by atoms with Gasteiger partial charge in [-0.3, -0.25) is 0 Å². The molecule has 5 heteroatoms. The molecule has 0 atom stereocenters. The molecular weight excluding hydrogens is 851 g/mol. The van der Waals surface area contributed by atoms with Crippen LogP contribution in [-0.2, 0) is 12.8 Å². The van der Waals surface area contributed by atoms with Gasteiger partial charge in [-0.15, -0.1) is 0 Å². The Bertz CT molecular complexity index is 4090. The van der Waals surface area contributed by atoms with Crippen molar-refractivity contribution in [2.24, 2.45) is 0 Å². The number of benzene rings is 9. The van der Waals surface area contributed by atoms with Gasteiger partial charge in [-0.25, -0.2) is 0 Å². The topological polar surface area (TPSA) is 38.9 Å². The Balaban J connectivity index is 0.806. The minimum atomic E-state index is 0.809. The molecule has 0 aliphatic heterocycles. The van der Waals surface area contributed by atoms with Crippen LogP contribution >= 0.6 is 0 Å². The molecule has 9 aromatic carbocycles. The number of anilines is 2. The zero-order valence-electron chi connectivity index (χ0n) is 39.2. The average Bonchev–Trinajstić information content (AvgIpc) is 3.99. The number of hydrogen-bond acceptors (Lipinski definition) is 2. The summed E-state index contributed by atoms with van der Waals surface area (Å²) in [6.45, 7) is 6.74. The van der Waals surface area contributed by atoms with E-state index in [9.17, 15) is 0 Å². The first-order valence-corrected chi connectivity index (χ1v) is 24.5. The van der Waals surface area contributed by atoms with E-state index < -0.39 is 0 Å². The van der Waals surface area contributed by atoms with E-state index in [1.807, 2.05) is 0 Å². The van der Waals surface area contributed by atoms with E-state index in [4.69, 9.17) is 0 Å². The lowest BCUT2D eigenvalue weighted by molar-refractivity contribution is 0.761. The number of fused-ring (bicyclic) bond motifs is 9. The Morgan fingerprint density at radius 1 is 0.500 bits per heavy atom. The van der Waals surface area contributed by atoms with Crippen LogP contribution in [0.15, 0.2) is 230 Å². The molecule has 0 fully saturated rings. The number of para-hydroxylation sites is 3. The van der Waals surface area contributed by atoms with E-state index in [-0.39, 0.29) is 0 Å². The summed E-state index contributed by atoms with van der Waals surface area (Å²) in [5, 5.41) is 17.5. The molecular formula is C65H51N5. The van der Waals surface area contributed by atoms with Crippen molar-refractivity contribution < 1.29 is 0 Å². The highest BCUT2D eigenvalue weighted by molar-refractivity contribution is 6.11. The lowest BCUT2D eigenvalue weighted by atomic mass is 9.99. The third-order valence-corrected chi connectivity index (χ3v) is 14.5. The van der Waals surface area contributed by atoms with Crippen molar-refractivity contribution in [3.05, 3.63) is 253 Å². The summed E-state index contributed by atoms with van der Waals surface area (Å²) in [6, 6.07) is 72.4. The van der Waals surface area contributed by atoms with E-state index in [1.165, 1.54) is 93.5 Å². The number of hydrogen-bond donors (Lipinski definition) is 2. The Kier molecular flexibility index (Phi) is 10.1. The van der Waals surface area contributed by atoms with Crippen molar-refractivity contribution in [2.45, 2.75) is 32.6 Å². The molecule has 0 unspecified atom stereocenters. The summed E-state index contributed by atoms with van der Waals surface area (Å²) < 4.78 is 7.31. The van der Waals surface area contributed by atoms with Gasteiger partial charge in [-0.1, -0.05) is 140 Å². The molecule has 0 saturated heterocycles. The second-order valence-corrected chi connectivity index (χ2v) is 18.7. The van der Waals surface area contributed by atoms with Gasteiger partial charge in [0, 0.05) is 72.2 Å². The van der Waals surface area contributed by atoms with E-state index in [0.717, 1.165) is 59.7 Å². The number of aryl methyl sites for hydroxylation is 1. The van der Waals surface area contributed by atoms with Gasteiger partial charge in [0.1, 0.15) is 0 Å². The van der Waals surface area contributed by atoms with Crippen LogP contribution in [0.3, 0.4) is 0 Å². The monoisotopic (exact) mass is 901 g/mol. The van der Waals surface area contributed by atoms with Crippen molar-refractivity contribution in [1.82, 2.24) is 13.7 Å². The van der Waals surface area contributed by atoms with E-state index in [1.54, 1.807) is 0 Å². The molecule has 336 valence electrons. The summed E-state index contributed by atoms with van der Waals surface area (Å²) >= 11 is 0. The summed E-state index contributed by atoms with van der Waals surface area (Å²) in [6.07, 6.45) is 10.6. The summed E-state index contributed by atoms with van der Waals surface area (Å²) in [7, 11) is 0. The second kappa shape index (κ2) is 17.1. The maximum atomic E-state index is 4.50. The lowest BCUT2D eigenvalue weighted by Crippen LogP contribution is -2.08. The first kappa shape index (κ1) is 41.4. The molecule has 3 heterocycles. The number of aromatic nitrogens is 3. The summed E-state index contributed by atoms with van der Waals surface area (Å²) in [5.74, 6) is 0. The fourth-order valence-electron chi connectivity index (χ4n) is 11.3. The van der Waals surface area contributed by atoms with Gasteiger partial charge >= 0.3 is 0 Å². The van der Waals surface area contributed by atoms with Crippen molar-refractivity contribution in [3.8, 4) is 17.1 Å². The standard InChI is InChI=1S/C65H51N5/c1-43(66-48-35-40-65-57(42-48)54-27-11-13-29-62(54)70(65)60-31-15-20-46-18-7-9-25-52(46)60)33-38-58-44(2)56-41-49(36-39-64(56)68(58)50-22-4-3-5-23-50)67-47-21-16-32-63-55(37-34-47)53-26-10-12-28-61(53)69(63)59-30-14-19-45-17-6-8-24-51(45)59/h3-15,17-20,22-31,33-36,38-42,66-67H,1,16,21,32,37H2,2H3/b38-33-,47-34+. The van der Waals surface area contributed by atoms with E-state index in [2.05, 4.69) is 256 Å². The van der Waals surface area contributed by atoms with Gasteiger partial charge in [0.25, 0.3) is 0 Å². The van der Waals surface area contributed by atoms with Crippen molar-refractivity contribution in [2.75, 3.05) is 10.6 Å². The highest BCUT2D eigenvalue weighted by atomic mass is 15.0. The van der Waals surface area contributed by atoms with Crippen molar-refractivity contribution >= 4 is 82.6 Å².